The normalized spacial score (nSPS) is 10.2. The van der Waals surface area contributed by atoms with Gasteiger partial charge in [-0.05, 0) is 5.41 Å². The summed E-state index contributed by atoms with van der Waals surface area (Å²) in [6.07, 6.45) is 6.00. The average molecular weight is 186 g/mol. The van der Waals surface area contributed by atoms with Crippen molar-refractivity contribution in [2.45, 2.75) is 0 Å². The molecular formula is C9H14S2. The second kappa shape index (κ2) is 9.92. The van der Waals surface area contributed by atoms with Crippen LogP contribution >= 0.6 is 23.5 Å². The predicted octanol–water partition coefficient (Wildman–Crippen LogP) is 3.34. The van der Waals surface area contributed by atoms with Gasteiger partial charge in [0, 0.05) is 17.3 Å². The first-order chi connectivity index (χ1) is 5.41. The van der Waals surface area contributed by atoms with E-state index in [1.807, 2.05) is 23.9 Å². The quantitative estimate of drug-likeness (QED) is 0.442. The summed E-state index contributed by atoms with van der Waals surface area (Å²) in [5, 5.41) is 2.12. The third-order valence-corrected chi connectivity index (χ3v) is 2.57. The Kier molecular flexibility index (Phi) is 9.85. The molecule has 0 radical (unpaired) electrons. The van der Waals surface area contributed by atoms with E-state index in [0.29, 0.717) is 0 Å². The molecule has 0 saturated carbocycles. The van der Waals surface area contributed by atoms with Gasteiger partial charge in [-0.2, -0.15) is 11.8 Å². The highest BCUT2D eigenvalue weighted by atomic mass is 32.2. The van der Waals surface area contributed by atoms with Crippen LogP contribution in [-0.2, 0) is 0 Å². The Morgan fingerprint density at radius 2 is 1.73 bits per heavy atom. The Bertz CT molecular complexity index is 128. The van der Waals surface area contributed by atoms with Crippen molar-refractivity contribution in [2.24, 2.45) is 0 Å². The van der Waals surface area contributed by atoms with Crippen molar-refractivity contribution >= 4 is 23.5 Å². The van der Waals surface area contributed by atoms with E-state index in [2.05, 4.69) is 24.6 Å². The lowest BCUT2D eigenvalue weighted by Gasteiger charge is -1.89. The molecule has 11 heavy (non-hydrogen) atoms. The van der Waals surface area contributed by atoms with Crippen molar-refractivity contribution in [3.63, 3.8) is 0 Å². The maximum atomic E-state index is 3.64. The molecule has 0 unspecified atom stereocenters. The first-order valence-electron chi connectivity index (χ1n) is 3.48. The number of thioether (sulfide) groups is 2. The lowest BCUT2D eigenvalue weighted by molar-refractivity contribution is 1.73. The molecule has 0 amide bonds. The van der Waals surface area contributed by atoms with Gasteiger partial charge in [0.2, 0.25) is 0 Å². The van der Waals surface area contributed by atoms with Crippen LogP contribution in [0.15, 0.2) is 36.8 Å². The van der Waals surface area contributed by atoms with E-state index in [4.69, 9.17) is 0 Å². The molecule has 0 heterocycles. The molecule has 0 fully saturated rings. The average Bonchev–Trinajstić information content (AvgIpc) is 2.03. The minimum Gasteiger partial charge on any atom is -0.154 e. The summed E-state index contributed by atoms with van der Waals surface area (Å²) < 4.78 is 0. The van der Waals surface area contributed by atoms with Gasteiger partial charge in [0.15, 0.2) is 0 Å². The highest BCUT2D eigenvalue weighted by molar-refractivity contribution is 8.02. The molecule has 0 aromatic heterocycles. The van der Waals surface area contributed by atoms with Crippen LogP contribution in [0.5, 0.6) is 0 Å². The van der Waals surface area contributed by atoms with Gasteiger partial charge in [-0.3, -0.25) is 0 Å². The molecule has 0 rings (SSSR count). The largest absolute Gasteiger partial charge is 0.154 e. The Morgan fingerprint density at radius 1 is 1.00 bits per heavy atom. The molecule has 0 saturated heterocycles. The number of hydrogen-bond acceptors (Lipinski definition) is 2. The van der Waals surface area contributed by atoms with Gasteiger partial charge in [0.05, 0.1) is 0 Å². The van der Waals surface area contributed by atoms with E-state index < -0.39 is 0 Å². The van der Waals surface area contributed by atoms with Crippen LogP contribution < -0.4 is 0 Å². The zero-order chi connectivity index (χ0) is 8.36. The molecule has 0 aromatic carbocycles. The SMILES string of the molecule is C=CCSC=CCSCC=C. The predicted molar refractivity (Wildman–Crippen MR) is 59.3 cm³/mol. The van der Waals surface area contributed by atoms with Crippen molar-refractivity contribution in [3.05, 3.63) is 36.8 Å². The lowest BCUT2D eigenvalue weighted by Crippen LogP contribution is -1.72. The van der Waals surface area contributed by atoms with E-state index in [0.717, 1.165) is 17.3 Å². The summed E-state index contributed by atoms with van der Waals surface area (Å²) in [7, 11) is 0. The second-order valence-electron chi connectivity index (χ2n) is 1.82. The molecule has 0 spiro atoms. The van der Waals surface area contributed by atoms with Crippen LogP contribution in [0.1, 0.15) is 0 Å². The van der Waals surface area contributed by atoms with Crippen LogP contribution in [0.4, 0.5) is 0 Å². The molecule has 0 aliphatic carbocycles. The topological polar surface area (TPSA) is 0 Å². The first-order valence-corrected chi connectivity index (χ1v) is 5.68. The Labute approximate surface area is 77.8 Å². The summed E-state index contributed by atoms with van der Waals surface area (Å²) in [4.78, 5) is 0. The fourth-order valence-electron chi connectivity index (χ4n) is 0.450. The van der Waals surface area contributed by atoms with Crippen molar-refractivity contribution in [3.8, 4) is 0 Å². The number of hydrogen-bond donors (Lipinski definition) is 0. The minimum atomic E-state index is 1.00. The van der Waals surface area contributed by atoms with Gasteiger partial charge in [0.25, 0.3) is 0 Å². The highest BCUT2D eigenvalue weighted by Gasteiger charge is 1.78. The van der Waals surface area contributed by atoms with Gasteiger partial charge >= 0.3 is 0 Å². The molecule has 62 valence electrons. The molecule has 0 aromatic rings. The van der Waals surface area contributed by atoms with E-state index in [9.17, 15) is 0 Å². The summed E-state index contributed by atoms with van der Waals surface area (Å²) >= 11 is 3.64. The molecular weight excluding hydrogens is 172 g/mol. The summed E-state index contributed by atoms with van der Waals surface area (Å²) in [6, 6.07) is 0. The van der Waals surface area contributed by atoms with E-state index in [1.54, 1.807) is 11.8 Å². The van der Waals surface area contributed by atoms with Crippen molar-refractivity contribution in [2.75, 3.05) is 17.3 Å². The van der Waals surface area contributed by atoms with Gasteiger partial charge in [-0.1, -0.05) is 18.2 Å². The molecule has 0 bridgehead atoms. The van der Waals surface area contributed by atoms with Gasteiger partial charge in [0.1, 0.15) is 0 Å². The Hall–Kier alpha value is -0.0800. The first kappa shape index (κ1) is 10.9. The third-order valence-electron chi connectivity index (χ3n) is 0.856. The van der Waals surface area contributed by atoms with Gasteiger partial charge in [-0.25, -0.2) is 0 Å². The van der Waals surface area contributed by atoms with Gasteiger partial charge < -0.3 is 0 Å². The van der Waals surface area contributed by atoms with E-state index in [1.165, 1.54) is 0 Å². The maximum Gasteiger partial charge on any atom is 0.0152 e. The zero-order valence-electron chi connectivity index (χ0n) is 6.66. The highest BCUT2D eigenvalue weighted by Crippen LogP contribution is 2.05. The molecule has 0 aliphatic rings. The molecule has 2 heteroatoms. The molecule has 0 N–H and O–H groups in total. The Balaban J connectivity index is 3.02. The van der Waals surface area contributed by atoms with Crippen LogP contribution in [0, 0.1) is 0 Å². The summed E-state index contributed by atoms with van der Waals surface area (Å²) in [5.74, 6) is 3.12. The minimum absolute atomic E-state index is 1.00. The zero-order valence-corrected chi connectivity index (χ0v) is 8.29. The van der Waals surface area contributed by atoms with Crippen LogP contribution in [-0.4, -0.2) is 17.3 Å². The second-order valence-corrected chi connectivity index (χ2v) is 3.83. The van der Waals surface area contributed by atoms with Crippen LogP contribution in [0.3, 0.4) is 0 Å². The molecule has 0 aliphatic heterocycles. The van der Waals surface area contributed by atoms with Crippen molar-refractivity contribution in [1.82, 2.24) is 0 Å². The maximum absolute atomic E-state index is 3.64. The molecule has 0 atom stereocenters. The smallest absolute Gasteiger partial charge is 0.0152 e. The lowest BCUT2D eigenvalue weighted by atomic mass is 10.7. The fourth-order valence-corrected chi connectivity index (χ4v) is 1.59. The Morgan fingerprint density at radius 3 is 2.36 bits per heavy atom. The molecule has 0 nitrogen and oxygen atoms in total. The van der Waals surface area contributed by atoms with E-state index >= 15 is 0 Å². The number of rotatable bonds is 7. The third kappa shape index (κ3) is 9.92. The summed E-state index contributed by atoms with van der Waals surface area (Å²) in [6.45, 7) is 7.28. The monoisotopic (exact) mass is 186 g/mol. The van der Waals surface area contributed by atoms with Crippen molar-refractivity contribution in [1.29, 1.82) is 0 Å². The fraction of sp³-hybridized carbons (Fsp3) is 0.333. The van der Waals surface area contributed by atoms with Gasteiger partial charge in [-0.15, -0.1) is 24.9 Å². The standard InChI is InChI=1S/C9H14S2/c1-3-6-10-8-5-9-11-7-4-2/h3-5,8H,1-2,6-7,9H2. The van der Waals surface area contributed by atoms with E-state index in [-0.39, 0.29) is 0 Å². The van der Waals surface area contributed by atoms with Crippen molar-refractivity contribution < 1.29 is 0 Å². The summed E-state index contributed by atoms with van der Waals surface area (Å²) in [5.41, 5.74) is 0. The van der Waals surface area contributed by atoms with Crippen LogP contribution in [0.25, 0.3) is 0 Å². The van der Waals surface area contributed by atoms with Crippen LogP contribution in [0.2, 0.25) is 0 Å².